The van der Waals surface area contributed by atoms with Crippen LogP contribution in [0.25, 0.3) is 10.8 Å². The number of hydrogen-bond acceptors (Lipinski definition) is 3. The van der Waals surface area contributed by atoms with Gasteiger partial charge in [-0.3, -0.25) is 9.48 Å². The fourth-order valence-corrected chi connectivity index (χ4v) is 4.09. The molecule has 1 aliphatic rings. The van der Waals surface area contributed by atoms with Crippen LogP contribution in [0.2, 0.25) is 0 Å². The second-order valence-corrected chi connectivity index (χ2v) is 7.28. The van der Waals surface area contributed by atoms with E-state index in [0.29, 0.717) is 18.7 Å². The summed E-state index contributed by atoms with van der Waals surface area (Å²) in [6, 6.07) is 14.6. The highest BCUT2D eigenvalue weighted by Crippen LogP contribution is 2.31. The minimum atomic E-state index is -0.564. The molecule has 2 atom stereocenters. The van der Waals surface area contributed by atoms with Gasteiger partial charge in [-0.05, 0) is 36.6 Å². The van der Waals surface area contributed by atoms with Gasteiger partial charge in [0.25, 0.3) is 5.91 Å². The van der Waals surface area contributed by atoms with Gasteiger partial charge in [-0.1, -0.05) is 42.5 Å². The standard InChI is InChI=1S/C22H25N3O2/c1-3-25-15(2)20(13-23-25)22(27)24-11-10-19(21(26)14-24)18-9-8-16-6-4-5-7-17(16)12-18/h4-9,12-13,19,21,26H,3,10-11,14H2,1-2H3/t19-,21+/m1/s1. The van der Waals surface area contributed by atoms with Crippen LogP contribution in [0.3, 0.4) is 0 Å². The van der Waals surface area contributed by atoms with Gasteiger partial charge in [0, 0.05) is 31.2 Å². The summed E-state index contributed by atoms with van der Waals surface area (Å²) in [7, 11) is 0. The molecule has 3 aromatic rings. The van der Waals surface area contributed by atoms with E-state index in [9.17, 15) is 9.90 Å². The zero-order chi connectivity index (χ0) is 19.0. The highest BCUT2D eigenvalue weighted by molar-refractivity contribution is 5.95. The molecule has 0 spiro atoms. The van der Waals surface area contributed by atoms with Crippen LogP contribution in [0.15, 0.2) is 48.7 Å². The number of fused-ring (bicyclic) bond motifs is 1. The summed E-state index contributed by atoms with van der Waals surface area (Å²) in [6.07, 6.45) is 1.83. The summed E-state index contributed by atoms with van der Waals surface area (Å²) >= 11 is 0. The van der Waals surface area contributed by atoms with Gasteiger partial charge >= 0.3 is 0 Å². The van der Waals surface area contributed by atoms with Crippen LogP contribution in [-0.4, -0.2) is 44.9 Å². The lowest BCUT2D eigenvalue weighted by atomic mass is 9.86. The maximum Gasteiger partial charge on any atom is 0.257 e. The summed E-state index contributed by atoms with van der Waals surface area (Å²) in [6.45, 7) is 5.66. The maximum absolute atomic E-state index is 12.9. The number of benzene rings is 2. The van der Waals surface area contributed by atoms with Crippen molar-refractivity contribution in [1.29, 1.82) is 0 Å². The van der Waals surface area contributed by atoms with Crippen LogP contribution in [-0.2, 0) is 6.54 Å². The Morgan fingerprint density at radius 2 is 2.00 bits per heavy atom. The third-order valence-corrected chi connectivity index (χ3v) is 5.70. The van der Waals surface area contributed by atoms with Crippen LogP contribution in [0.4, 0.5) is 0 Å². The molecule has 1 aromatic heterocycles. The molecular formula is C22H25N3O2. The zero-order valence-electron chi connectivity index (χ0n) is 15.8. The van der Waals surface area contributed by atoms with Gasteiger partial charge in [0.2, 0.25) is 0 Å². The van der Waals surface area contributed by atoms with Gasteiger partial charge in [-0.25, -0.2) is 0 Å². The van der Waals surface area contributed by atoms with Gasteiger partial charge in [0.05, 0.1) is 17.9 Å². The van der Waals surface area contributed by atoms with E-state index in [1.54, 1.807) is 11.1 Å². The van der Waals surface area contributed by atoms with Crippen molar-refractivity contribution in [2.24, 2.45) is 0 Å². The van der Waals surface area contributed by atoms with Gasteiger partial charge in [0.1, 0.15) is 0 Å². The number of amides is 1. The average molecular weight is 363 g/mol. The van der Waals surface area contributed by atoms with Crippen molar-refractivity contribution in [3.05, 3.63) is 65.5 Å². The molecule has 0 saturated carbocycles. The van der Waals surface area contributed by atoms with Gasteiger partial charge in [-0.2, -0.15) is 5.10 Å². The molecule has 1 N–H and O–H groups in total. The van der Waals surface area contributed by atoms with Crippen LogP contribution in [0.5, 0.6) is 0 Å². The van der Waals surface area contributed by atoms with Crippen LogP contribution < -0.4 is 0 Å². The lowest BCUT2D eigenvalue weighted by molar-refractivity contribution is 0.0381. The van der Waals surface area contributed by atoms with Crippen LogP contribution in [0.1, 0.15) is 40.9 Å². The largest absolute Gasteiger partial charge is 0.391 e. The van der Waals surface area contributed by atoms with Crippen molar-refractivity contribution < 1.29 is 9.90 Å². The Labute approximate surface area is 159 Å². The van der Waals surface area contributed by atoms with Crippen molar-refractivity contribution in [2.45, 2.75) is 38.8 Å². The van der Waals surface area contributed by atoms with E-state index in [4.69, 9.17) is 0 Å². The van der Waals surface area contributed by atoms with E-state index in [-0.39, 0.29) is 11.8 Å². The Morgan fingerprint density at radius 3 is 2.70 bits per heavy atom. The minimum absolute atomic E-state index is 0.0387. The van der Waals surface area contributed by atoms with Crippen LogP contribution in [0, 0.1) is 6.92 Å². The molecule has 1 amide bonds. The molecule has 140 valence electrons. The Morgan fingerprint density at radius 1 is 1.22 bits per heavy atom. The quantitative estimate of drug-likeness (QED) is 0.776. The van der Waals surface area contributed by atoms with E-state index in [0.717, 1.165) is 24.2 Å². The summed E-state index contributed by atoms with van der Waals surface area (Å²) in [5.74, 6) is 0.0151. The molecule has 27 heavy (non-hydrogen) atoms. The highest BCUT2D eigenvalue weighted by atomic mass is 16.3. The molecule has 5 heteroatoms. The number of carbonyl (C=O) groups is 1. The fourth-order valence-electron chi connectivity index (χ4n) is 4.09. The predicted molar refractivity (Wildman–Crippen MR) is 106 cm³/mol. The van der Waals surface area contributed by atoms with Crippen molar-refractivity contribution in [3.63, 3.8) is 0 Å². The first-order chi connectivity index (χ1) is 13.1. The smallest absolute Gasteiger partial charge is 0.257 e. The minimum Gasteiger partial charge on any atom is -0.391 e. The number of likely N-dealkylation sites (tertiary alicyclic amines) is 1. The Balaban J connectivity index is 1.51. The Hall–Kier alpha value is -2.66. The number of nitrogens with zero attached hydrogens (tertiary/aromatic N) is 3. The first-order valence-corrected chi connectivity index (χ1v) is 9.57. The fraction of sp³-hybridized carbons (Fsp3) is 0.364. The summed E-state index contributed by atoms with van der Waals surface area (Å²) in [5, 5.41) is 17.4. The van der Waals surface area contributed by atoms with Gasteiger partial charge in [0.15, 0.2) is 0 Å². The molecule has 1 saturated heterocycles. The molecular weight excluding hydrogens is 338 g/mol. The molecule has 5 nitrogen and oxygen atoms in total. The number of rotatable bonds is 3. The SMILES string of the molecule is CCn1ncc(C(=O)N2CC[C@H](c3ccc4ccccc4c3)[C@@H](O)C2)c1C. The van der Waals surface area contributed by atoms with Gasteiger partial charge in [-0.15, -0.1) is 0 Å². The molecule has 0 radical (unpaired) electrons. The summed E-state index contributed by atoms with van der Waals surface area (Å²) in [4.78, 5) is 14.6. The number of piperidine rings is 1. The summed E-state index contributed by atoms with van der Waals surface area (Å²) in [5.41, 5.74) is 2.66. The third-order valence-electron chi connectivity index (χ3n) is 5.70. The zero-order valence-corrected chi connectivity index (χ0v) is 15.8. The summed E-state index contributed by atoms with van der Waals surface area (Å²) < 4.78 is 1.82. The molecule has 2 aromatic carbocycles. The number of aliphatic hydroxyl groups excluding tert-OH is 1. The second-order valence-electron chi connectivity index (χ2n) is 7.28. The first kappa shape index (κ1) is 17.7. The van der Waals surface area contributed by atoms with E-state index >= 15 is 0 Å². The molecule has 4 rings (SSSR count). The van der Waals surface area contributed by atoms with E-state index in [2.05, 4.69) is 35.4 Å². The molecule has 0 aliphatic carbocycles. The Bertz CT molecular complexity index is 979. The van der Waals surface area contributed by atoms with Crippen molar-refractivity contribution in [1.82, 2.24) is 14.7 Å². The lowest BCUT2D eigenvalue weighted by Gasteiger charge is -2.36. The predicted octanol–water partition coefficient (Wildman–Crippen LogP) is 3.36. The van der Waals surface area contributed by atoms with Crippen LogP contribution >= 0.6 is 0 Å². The number of carbonyl (C=O) groups excluding carboxylic acids is 1. The molecule has 0 bridgehead atoms. The molecule has 1 fully saturated rings. The number of β-amino-alcohol motifs (C(OH)–C–C–N with tert-alkyl or cyclic N) is 1. The van der Waals surface area contributed by atoms with E-state index in [1.807, 2.05) is 30.7 Å². The van der Waals surface area contributed by atoms with E-state index < -0.39 is 6.10 Å². The third kappa shape index (κ3) is 3.23. The number of aryl methyl sites for hydroxylation is 1. The molecule has 2 heterocycles. The first-order valence-electron chi connectivity index (χ1n) is 9.57. The molecule has 1 aliphatic heterocycles. The number of hydrogen-bond donors (Lipinski definition) is 1. The second kappa shape index (κ2) is 7.16. The van der Waals surface area contributed by atoms with Crippen molar-refractivity contribution in [2.75, 3.05) is 13.1 Å². The average Bonchev–Trinajstić information content (AvgIpc) is 3.07. The molecule has 0 unspecified atom stereocenters. The van der Waals surface area contributed by atoms with E-state index in [1.165, 1.54) is 10.8 Å². The number of aromatic nitrogens is 2. The monoisotopic (exact) mass is 363 g/mol. The normalized spacial score (nSPS) is 20.2. The topological polar surface area (TPSA) is 58.4 Å². The van der Waals surface area contributed by atoms with Gasteiger partial charge < -0.3 is 10.0 Å². The Kier molecular flexibility index (Phi) is 4.70. The van der Waals surface area contributed by atoms with Crippen molar-refractivity contribution in [3.8, 4) is 0 Å². The number of aliphatic hydroxyl groups is 1. The lowest BCUT2D eigenvalue weighted by Crippen LogP contribution is -2.45. The van der Waals surface area contributed by atoms with Crippen molar-refractivity contribution >= 4 is 16.7 Å². The highest BCUT2D eigenvalue weighted by Gasteiger charge is 2.32. The maximum atomic E-state index is 12.9.